The Kier molecular flexibility index (Phi) is 3.99. The highest BCUT2D eigenvalue weighted by molar-refractivity contribution is 8.13. The monoisotopic (exact) mass is 338 g/mol. The average molecular weight is 339 g/mol. The van der Waals surface area contributed by atoms with Crippen molar-refractivity contribution in [1.29, 1.82) is 0 Å². The summed E-state index contributed by atoms with van der Waals surface area (Å²) in [5, 5.41) is 0. The smallest absolute Gasteiger partial charge is 0.207 e. The van der Waals surface area contributed by atoms with Gasteiger partial charge in [-0.1, -0.05) is 18.2 Å². The van der Waals surface area contributed by atoms with Crippen LogP contribution >= 0.6 is 10.7 Å². The highest BCUT2D eigenvalue weighted by Gasteiger charge is 2.32. The van der Waals surface area contributed by atoms with Gasteiger partial charge in [-0.2, -0.15) is 13.2 Å². The number of hydrogen-bond donors (Lipinski definition) is 0. The van der Waals surface area contributed by atoms with Crippen molar-refractivity contribution in [2.75, 3.05) is 0 Å². The number of halogens is 5. The second-order valence-corrected chi connectivity index (χ2v) is 6.66. The highest BCUT2D eigenvalue weighted by Crippen LogP contribution is 2.37. The molecule has 0 amide bonds. The summed E-state index contributed by atoms with van der Waals surface area (Å²) < 4.78 is 74.9. The summed E-state index contributed by atoms with van der Waals surface area (Å²) in [4.78, 5) is -0.581. The van der Waals surface area contributed by atoms with Crippen LogP contribution in [-0.4, -0.2) is 8.42 Å². The molecule has 21 heavy (non-hydrogen) atoms. The number of hydrogen-bond acceptors (Lipinski definition) is 2. The van der Waals surface area contributed by atoms with Crippen LogP contribution in [0.3, 0.4) is 0 Å². The lowest BCUT2D eigenvalue weighted by Gasteiger charge is -2.12. The lowest BCUT2D eigenvalue weighted by Crippen LogP contribution is -2.07. The van der Waals surface area contributed by atoms with E-state index in [1.54, 1.807) is 0 Å². The summed E-state index contributed by atoms with van der Waals surface area (Å²) in [5.74, 6) is -0.849. The van der Waals surface area contributed by atoms with E-state index in [1.165, 1.54) is 18.2 Å². The molecule has 2 nitrogen and oxygen atoms in total. The Morgan fingerprint density at radius 3 is 2.10 bits per heavy atom. The van der Waals surface area contributed by atoms with Crippen molar-refractivity contribution in [3.8, 4) is 11.1 Å². The van der Waals surface area contributed by atoms with Gasteiger partial charge in [0.05, 0.1) is 10.5 Å². The fourth-order valence-corrected chi connectivity index (χ4v) is 2.87. The molecule has 112 valence electrons. The van der Waals surface area contributed by atoms with Crippen molar-refractivity contribution in [3.63, 3.8) is 0 Å². The molecule has 0 N–H and O–H groups in total. The van der Waals surface area contributed by atoms with Crippen LogP contribution in [0.2, 0.25) is 0 Å². The second kappa shape index (κ2) is 5.31. The fourth-order valence-electron chi connectivity index (χ4n) is 1.81. The molecule has 0 aromatic heterocycles. The third-order valence-corrected chi connectivity index (χ3v) is 4.11. The first-order chi connectivity index (χ1) is 9.60. The van der Waals surface area contributed by atoms with Crippen molar-refractivity contribution in [2.45, 2.75) is 11.1 Å². The van der Waals surface area contributed by atoms with E-state index in [4.69, 9.17) is 10.7 Å². The van der Waals surface area contributed by atoms with E-state index in [1.807, 2.05) is 0 Å². The first kappa shape index (κ1) is 15.8. The third-order valence-electron chi connectivity index (χ3n) is 2.73. The lowest BCUT2D eigenvalue weighted by atomic mass is 10.0. The van der Waals surface area contributed by atoms with Crippen LogP contribution in [0.5, 0.6) is 0 Å². The van der Waals surface area contributed by atoms with Crippen LogP contribution in [0.25, 0.3) is 11.1 Å². The summed E-state index contributed by atoms with van der Waals surface area (Å²) in [7, 11) is 0.879. The summed E-state index contributed by atoms with van der Waals surface area (Å²) in [6.45, 7) is 0. The first-order valence-corrected chi connectivity index (χ1v) is 7.82. The Labute approximate surface area is 122 Å². The molecule has 0 spiro atoms. The molecule has 0 bridgehead atoms. The third kappa shape index (κ3) is 3.36. The molecule has 0 saturated heterocycles. The van der Waals surface area contributed by atoms with Gasteiger partial charge in [-0.25, -0.2) is 12.8 Å². The summed E-state index contributed by atoms with van der Waals surface area (Å²) in [6, 6.07) is 6.77. The molecular weight excluding hydrogens is 332 g/mol. The number of alkyl halides is 3. The molecule has 0 unspecified atom stereocenters. The SMILES string of the molecule is O=S(=O)(Cl)c1ccc(C(F)(F)F)cc1-c1ccccc1F. The molecule has 0 aliphatic rings. The summed E-state index contributed by atoms with van der Waals surface area (Å²) in [6.07, 6.45) is -4.69. The molecule has 0 aliphatic carbocycles. The number of rotatable bonds is 2. The fraction of sp³-hybridized carbons (Fsp3) is 0.0769. The van der Waals surface area contributed by atoms with Crippen LogP contribution in [0.4, 0.5) is 17.6 Å². The van der Waals surface area contributed by atoms with E-state index in [2.05, 4.69) is 0 Å². The molecular formula is C13H7ClF4O2S. The van der Waals surface area contributed by atoms with Gasteiger partial charge in [0.1, 0.15) is 5.82 Å². The van der Waals surface area contributed by atoms with Crippen molar-refractivity contribution >= 4 is 19.7 Å². The van der Waals surface area contributed by atoms with Crippen LogP contribution in [0.15, 0.2) is 47.4 Å². The zero-order valence-corrected chi connectivity index (χ0v) is 11.7. The molecule has 0 heterocycles. The highest BCUT2D eigenvalue weighted by atomic mass is 35.7. The predicted molar refractivity (Wildman–Crippen MR) is 69.9 cm³/mol. The van der Waals surface area contributed by atoms with E-state index in [-0.39, 0.29) is 5.56 Å². The second-order valence-electron chi connectivity index (χ2n) is 4.13. The Balaban J connectivity index is 2.80. The number of benzene rings is 2. The summed E-state index contributed by atoms with van der Waals surface area (Å²) in [5.41, 5.74) is -1.80. The largest absolute Gasteiger partial charge is 0.416 e. The molecule has 2 aromatic rings. The maximum absolute atomic E-state index is 13.8. The van der Waals surface area contributed by atoms with Gasteiger partial charge in [0.25, 0.3) is 9.05 Å². The molecule has 0 radical (unpaired) electrons. The van der Waals surface area contributed by atoms with E-state index in [9.17, 15) is 26.0 Å². The zero-order chi connectivity index (χ0) is 15.8. The average Bonchev–Trinajstić information content (AvgIpc) is 2.36. The molecule has 8 heteroatoms. The quantitative estimate of drug-likeness (QED) is 0.599. The van der Waals surface area contributed by atoms with Gasteiger partial charge in [0, 0.05) is 21.8 Å². The maximum atomic E-state index is 13.8. The molecule has 0 fully saturated rings. The van der Waals surface area contributed by atoms with Crippen LogP contribution in [0.1, 0.15) is 5.56 Å². The minimum Gasteiger partial charge on any atom is -0.207 e. The molecule has 2 aromatic carbocycles. The maximum Gasteiger partial charge on any atom is 0.416 e. The van der Waals surface area contributed by atoms with Crippen LogP contribution < -0.4 is 0 Å². The molecule has 0 atom stereocenters. The van der Waals surface area contributed by atoms with Crippen molar-refractivity contribution in [2.24, 2.45) is 0 Å². The normalized spacial score (nSPS) is 12.4. The van der Waals surface area contributed by atoms with Gasteiger partial charge in [-0.05, 0) is 24.3 Å². The standard InChI is InChI=1S/C13H7ClF4O2S/c14-21(19,20)12-6-5-8(13(16,17)18)7-10(12)9-3-1-2-4-11(9)15/h1-7H. The predicted octanol–water partition coefficient (Wildman–Crippen LogP) is 4.44. The minimum absolute atomic E-state index is 0.275. The van der Waals surface area contributed by atoms with E-state index < -0.39 is 37.1 Å². The van der Waals surface area contributed by atoms with Crippen LogP contribution in [-0.2, 0) is 15.2 Å². The first-order valence-electron chi connectivity index (χ1n) is 5.51. The minimum atomic E-state index is -4.69. The lowest BCUT2D eigenvalue weighted by molar-refractivity contribution is -0.137. The van der Waals surface area contributed by atoms with Gasteiger partial charge in [0.2, 0.25) is 0 Å². The van der Waals surface area contributed by atoms with Gasteiger partial charge < -0.3 is 0 Å². The van der Waals surface area contributed by atoms with Gasteiger partial charge in [-0.15, -0.1) is 0 Å². The van der Waals surface area contributed by atoms with Gasteiger partial charge in [0.15, 0.2) is 0 Å². The Hall–Kier alpha value is -1.60. The Bertz CT molecular complexity index is 785. The van der Waals surface area contributed by atoms with E-state index in [0.29, 0.717) is 18.2 Å². The van der Waals surface area contributed by atoms with Crippen molar-refractivity contribution in [3.05, 3.63) is 53.8 Å². The Morgan fingerprint density at radius 1 is 0.952 bits per heavy atom. The van der Waals surface area contributed by atoms with E-state index >= 15 is 0 Å². The molecule has 0 saturated carbocycles. The van der Waals surface area contributed by atoms with Crippen LogP contribution in [0, 0.1) is 5.82 Å². The van der Waals surface area contributed by atoms with Gasteiger partial charge >= 0.3 is 6.18 Å². The van der Waals surface area contributed by atoms with Crippen molar-refractivity contribution in [1.82, 2.24) is 0 Å². The summed E-state index contributed by atoms with van der Waals surface area (Å²) >= 11 is 0. The zero-order valence-electron chi connectivity index (χ0n) is 10.2. The van der Waals surface area contributed by atoms with E-state index in [0.717, 1.165) is 6.07 Å². The molecule has 0 aliphatic heterocycles. The topological polar surface area (TPSA) is 34.1 Å². The molecule has 2 rings (SSSR count). The van der Waals surface area contributed by atoms with Crippen molar-refractivity contribution < 1.29 is 26.0 Å². The Morgan fingerprint density at radius 2 is 1.57 bits per heavy atom. The van der Waals surface area contributed by atoms with Gasteiger partial charge in [-0.3, -0.25) is 0 Å².